The van der Waals surface area contributed by atoms with Crippen LogP contribution in [0.5, 0.6) is 11.6 Å². The van der Waals surface area contributed by atoms with E-state index in [0.717, 1.165) is 0 Å². The first kappa shape index (κ1) is 30.2. The number of ether oxygens (including phenoxy) is 3. The summed E-state index contributed by atoms with van der Waals surface area (Å²) in [5, 5.41) is 9.75. The molecule has 0 spiro atoms. The van der Waals surface area contributed by atoms with Gasteiger partial charge in [-0.2, -0.15) is 4.98 Å². The summed E-state index contributed by atoms with van der Waals surface area (Å²) in [5.74, 6) is 0.614. The molecule has 1 aliphatic carbocycles. The van der Waals surface area contributed by atoms with Crippen LogP contribution in [0, 0.1) is 6.92 Å². The lowest BCUT2D eigenvalue weighted by Gasteiger charge is -2.30. The first-order valence-electron chi connectivity index (χ1n) is 13.8. The second-order valence-electron chi connectivity index (χ2n) is 10.2. The number of anilines is 2. The van der Waals surface area contributed by atoms with Gasteiger partial charge in [0.15, 0.2) is 0 Å². The number of hydrogen-bond acceptors (Lipinski definition) is 11. The lowest BCUT2D eigenvalue weighted by molar-refractivity contribution is 0.00169. The quantitative estimate of drug-likeness (QED) is 0.240. The predicted octanol–water partition coefficient (Wildman–Crippen LogP) is 3.05. The van der Waals surface area contributed by atoms with E-state index in [4.69, 9.17) is 25.1 Å². The maximum atomic E-state index is 14.2. The van der Waals surface area contributed by atoms with Crippen LogP contribution in [0.1, 0.15) is 37.4 Å². The molecule has 0 radical (unpaired) electrons. The molecule has 13 nitrogen and oxygen atoms in total. The van der Waals surface area contributed by atoms with E-state index in [1.54, 1.807) is 29.7 Å². The van der Waals surface area contributed by atoms with E-state index >= 15 is 0 Å². The summed E-state index contributed by atoms with van der Waals surface area (Å²) in [6.07, 6.45) is 4.20. The van der Waals surface area contributed by atoms with Gasteiger partial charge in [-0.1, -0.05) is 0 Å². The van der Waals surface area contributed by atoms with Crippen molar-refractivity contribution in [3.05, 3.63) is 58.6 Å². The number of aliphatic hydroxyl groups excluding tert-OH is 1. The lowest BCUT2D eigenvalue weighted by Crippen LogP contribution is -2.32. The molecule has 1 aliphatic rings. The van der Waals surface area contributed by atoms with E-state index < -0.39 is 10.0 Å². The van der Waals surface area contributed by atoms with Crippen LogP contribution in [-0.2, 0) is 14.8 Å². The molecular formula is C29H34N6O7S. The smallest absolute Gasteiger partial charge is 0.262 e. The van der Waals surface area contributed by atoms with Crippen LogP contribution in [0.3, 0.4) is 0 Å². The van der Waals surface area contributed by atoms with Gasteiger partial charge in [0.05, 0.1) is 44.1 Å². The van der Waals surface area contributed by atoms with E-state index in [2.05, 4.69) is 19.7 Å². The molecule has 1 saturated carbocycles. The maximum Gasteiger partial charge on any atom is 0.262 e. The Bertz CT molecular complexity index is 1790. The molecule has 1 aromatic carbocycles. The van der Waals surface area contributed by atoms with E-state index in [1.165, 1.54) is 38.6 Å². The SMILES string of the molecule is COc1ccc(S(=O)(=O)Nc2cc(-c3cc4c(C)nc(N)nc4n(C4CCC(OCCO)CC4)c3=O)cnc2OC)cc1. The molecule has 0 unspecified atom stereocenters. The fourth-order valence-electron chi connectivity index (χ4n) is 5.40. The highest BCUT2D eigenvalue weighted by Crippen LogP contribution is 2.34. The molecule has 228 valence electrons. The number of hydrogen-bond donors (Lipinski definition) is 3. The number of pyridine rings is 2. The molecule has 4 aromatic rings. The van der Waals surface area contributed by atoms with Crippen molar-refractivity contribution in [3.8, 4) is 22.8 Å². The van der Waals surface area contributed by atoms with Gasteiger partial charge in [-0.05, 0) is 69.0 Å². The van der Waals surface area contributed by atoms with Crippen molar-refractivity contribution in [2.24, 2.45) is 0 Å². The van der Waals surface area contributed by atoms with Crippen molar-refractivity contribution in [1.29, 1.82) is 0 Å². The van der Waals surface area contributed by atoms with Crippen LogP contribution < -0.4 is 25.5 Å². The number of rotatable bonds is 10. The molecule has 0 amide bonds. The number of methoxy groups -OCH3 is 2. The van der Waals surface area contributed by atoms with Gasteiger partial charge in [-0.3, -0.25) is 14.1 Å². The number of aryl methyl sites for hydroxylation is 1. The van der Waals surface area contributed by atoms with Gasteiger partial charge in [0.1, 0.15) is 17.1 Å². The summed E-state index contributed by atoms with van der Waals surface area (Å²) in [6, 6.07) is 8.95. The Labute approximate surface area is 248 Å². The van der Waals surface area contributed by atoms with Crippen molar-refractivity contribution < 1.29 is 27.7 Å². The molecule has 43 heavy (non-hydrogen) atoms. The van der Waals surface area contributed by atoms with Crippen molar-refractivity contribution in [2.75, 3.05) is 37.9 Å². The number of aromatic nitrogens is 4. The largest absolute Gasteiger partial charge is 0.497 e. The number of sulfonamides is 1. The standard InChI is InChI=1S/C29H34N6O7S/c1-17-23-15-24(28(37)35(26(23)33-29(30)32-17)19-4-6-21(7-5-19)42-13-12-36)18-14-25(27(41-3)31-16-18)34-43(38,39)22-10-8-20(40-2)9-11-22/h8-11,14-16,19,21,34,36H,4-7,12-13H2,1-3H3,(H2,30,32,33). The zero-order valence-electron chi connectivity index (χ0n) is 24.1. The van der Waals surface area contributed by atoms with Crippen molar-refractivity contribution in [2.45, 2.75) is 49.6 Å². The Morgan fingerprint density at radius 1 is 1.07 bits per heavy atom. The maximum absolute atomic E-state index is 14.2. The van der Waals surface area contributed by atoms with Gasteiger partial charge in [0, 0.05) is 28.8 Å². The van der Waals surface area contributed by atoms with Gasteiger partial charge < -0.3 is 25.1 Å². The molecule has 1 fully saturated rings. The summed E-state index contributed by atoms with van der Waals surface area (Å²) in [5.41, 5.74) is 7.44. The van der Waals surface area contributed by atoms with Crippen molar-refractivity contribution in [3.63, 3.8) is 0 Å². The number of nitrogen functional groups attached to an aromatic ring is 1. The Balaban J connectivity index is 1.58. The van der Waals surface area contributed by atoms with E-state index in [0.29, 0.717) is 59.3 Å². The number of nitrogens with two attached hydrogens (primary N) is 1. The van der Waals surface area contributed by atoms with E-state index in [1.807, 2.05) is 0 Å². The third-order valence-electron chi connectivity index (χ3n) is 7.52. The van der Waals surface area contributed by atoms with Crippen LogP contribution in [-0.4, -0.2) is 66.6 Å². The minimum atomic E-state index is -4.03. The zero-order valence-corrected chi connectivity index (χ0v) is 24.9. The third-order valence-corrected chi connectivity index (χ3v) is 8.90. The predicted molar refractivity (Wildman–Crippen MR) is 161 cm³/mol. The Morgan fingerprint density at radius 2 is 1.79 bits per heavy atom. The Kier molecular flexibility index (Phi) is 8.80. The fourth-order valence-corrected chi connectivity index (χ4v) is 6.45. The Morgan fingerprint density at radius 3 is 2.44 bits per heavy atom. The number of nitrogens with zero attached hydrogens (tertiary/aromatic N) is 4. The third kappa shape index (κ3) is 6.26. The lowest BCUT2D eigenvalue weighted by atomic mass is 9.92. The normalized spacial score (nSPS) is 17.1. The van der Waals surface area contributed by atoms with Gasteiger partial charge in [0.2, 0.25) is 11.8 Å². The summed E-state index contributed by atoms with van der Waals surface area (Å²) in [6.45, 7) is 2.01. The van der Waals surface area contributed by atoms with Crippen molar-refractivity contribution >= 4 is 32.7 Å². The zero-order chi connectivity index (χ0) is 30.7. The molecule has 0 aliphatic heterocycles. The fraction of sp³-hybridized carbons (Fsp3) is 0.379. The summed E-state index contributed by atoms with van der Waals surface area (Å²) < 4.78 is 46.8. The van der Waals surface area contributed by atoms with Gasteiger partial charge in [0.25, 0.3) is 15.6 Å². The number of nitrogens with one attached hydrogen (secondary N) is 1. The second-order valence-corrected chi connectivity index (χ2v) is 11.9. The molecular weight excluding hydrogens is 576 g/mol. The van der Waals surface area contributed by atoms with Crippen LogP contribution in [0.2, 0.25) is 0 Å². The Hall–Kier alpha value is -4.27. The van der Waals surface area contributed by atoms with Gasteiger partial charge in [-0.25, -0.2) is 18.4 Å². The average molecular weight is 611 g/mol. The van der Waals surface area contributed by atoms with Crippen LogP contribution in [0.25, 0.3) is 22.2 Å². The summed E-state index contributed by atoms with van der Waals surface area (Å²) in [7, 11) is -1.17. The van der Waals surface area contributed by atoms with Gasteiger partial charge >= 0.3 is 0 Å². The number of aliphatic hydroxyl groups is 1. The van der Waals surface area contributed by atoms with E-state index in [9.17, 15) is 13.2 Å². The molecule has 4 N–H and O–H groups in total. The molecule has 3 heterocycles. The number of fused-ring (bicyclic) bond motifs is 1. The molecule has 3 aromatic heterocycles. The minimum Gasteiger partial charge on any atom is -0.497 e. The first-order valence-corrected chi connectivity index (χ1v) is 15.3. The number of benzene rings is 1. The average Bonchev–Trinajstić information content (AvgIpc) is 3.00. The molecule has 0 saturated heterocycles. The summed E-state index contributed by atoms with van der Waals surface area (Å²) in [4.78, 5) is 27.3. The van der Waals surface area contributed by atoms with Gasteiger partial charge in [-0.15, -0.1) is 0 Å². The van der Waals surface area contributed by atoms with Crippen LogP contribution >= 0.6 is 0 Å². The van der Waals surface area contributed by atoms with E-state index in [-0.39, 0.29) is 53.3 Å². The highest BCUT2D eigenvalue weighted by Gasteiger charge is 2.27. The molecule has 0 bridgehead atoms. The first-order chi connectivity index (χ1) is 20.6. The van der Waals surface area contributed by atoms with Crippen LogP contribution in [0.15, 0.2) is 52.3 Å². The van der Waals surface area contributed by atoms with Crippen LogP contribution in [0.4, 0.5) is 11.6 Å². The second kappa shape index (κ2) is 12.5. The molecule has 14 heteroatoms. The highest BCUT2D eigenvalue weighted by atomic mass is 32.2. The monoisotopic (exact) mass is 610 g/mol. The van der Waals surface area contributed by atoms with Crippen molar-refractivity contribution in [1.82, 2.24) is 19.5 Å². The molecule has 0 atom stereocenters. The minimum absolute atomic E-state index is 0.00190. The summed E-state index contributed by atoms with van der Waals surface area (Å²) >= 11 is 0. The topological polar surface area (TPSA) is 181 Å². The highest BCUT2D eigenvalue weighted by molar-refractivity contribution is 7.92. The molecule has 5 rings (SSSR count).